The van der Waals surface area contributed by atoms with E-state index in [1.165, 1.54) is 0 Å². The van der Waals surface area contributed by atoms with Crippen LogP contribution in [-0.4, -0.2) is 11.9 Å². The number of benzene rings is 2. The molecule has 2 N–H and O–H groups in total. The highest BCUT2D eigenvalue weighted by Crippen LogP contribution is 2.29. The van der Waals surface area contributed by atoms with Crippen LogP contribution in [0.4, 0.5) is 0 Å². The Balaban J connectivity index is 1.91. The highest BCUT2D eigenvalue weighted by molar-refractivity contribution is 6.00. The van der Waals surface area contributed by atoms with Crippen molar-refractivity contribution in [2.45, 2.75) is 19.9 Å². The van der Waals surface area contributed by atoms with Crippen LogP contribution in [0.1, 0.15) is 31.0 Å². The van der Waals surface area contributed by atoms with Gasteiger partial charge in [-0.15, -0.1) is 0 Å². The summed E-state index contributed by atoms with van der Waals surface area (Å²) in [7, 11) is 0. The number of guanidine groups is 1. The lowest BCUT2D eigenvalue weighted by atomic mass is 10.0. The van der Waals surface area contributed by atoms with Crippen LogP contribution in [0.5, 0.6) is 0 Å². The fraction of sp³-hybridized carbons (Fsp3) is 0.200. The lowest BCUT2D eigenvalue weighted by Crippen LogP contribution is -2.39. The molecule has 1 aliphatic heterocycles. The summed E-state index contributed by atoms with van der Waals surface area (Å²) in [5.74, 6) is 0.366. The number of amides is 1. The molecular formula is C20H21N3O. The molecule has 0 saturated carbocycles. The number of rotatable bonds is 3. The van der Waals surface area contributed by atoms with Gasteiger partial charge in [-0.2, -0.15) is 0 Å². The normalized spacial score (nSPS) is 18.4. The van der Waals surface area contributed by atoms with Crippen molar-refractivity contribution in [3.8, 4) is 0 Å². The van der Waals surface area contributed by atoms with Gasteiger partial charge >= 0.3 is 0 Å². The average Bonchev–Trinajstić information content (AvgIpc) is 2.98. The third-order valence-corrected chi connectivity index (χ3v) is 3.82. The van der Waals surface area contributed by atoms with E-state index in [0.717, 1.165) is 16.8 Å². The molecule has 2 aromatic rings. The summed E-state index contributed by atoms with van der Waals surface area (Å²) in [5.41, 5.74) is 3.13. The Hall–Kier alpha value is -2.88. The number of carbonyl (C=O) groups is 1. The molecule has 1 heterocycles. The standard InChI is InChI=1S/C20H21N3O/c1-14(2)19(24)23-20-21-17(13-15-9-5-3-6-10-15)18(22-20)16-11-7-4-8-12-16/h3-14,18H,1-2H3,(H2,21,22,23,24)/b17-13-. The van der Waals surface area contributed by atoms with Gasteiger partial charge in [0.25, 0.3) is 0 Å². The molecule has 0 radical (unpaired) electrons. The van der Waals surface area contributed by atoms with Gasteiger partial charge in [-0.25, -0.2) is 4.99 Å². The fourth-order valence-electron chi connectivity index (χ4n) is 2.49. The Morgan fingerprint density at radius 3 is 2.33 bits per heavy atom. The highest BCUT2D eigenvalue weighted by atomic mass is 16.2. The van der Waals surface area contributed by atoms with E-state index < -0.39 is 0 Å². The van der Waals surface area contributed by atoms with Crippen LogP contribution in [0.2, 0.25) is 0 Å². The average molecular weight is 319 g/mol. The van der Waals surface area contributed by atoms with Crippen molar-refractivity contribution in [2.24, 2.45) is 10.9 Å². The van der Waals surface area contributed by atoms with Crippen molar-refractivity contribution in [3.05, 3.63) is 77.5 Å². The Bertz CT molecular complexity index is 764. The molecule has 3 rings (SSSR count). The lowest BCUT2D eigenvalue weighted by Gasteiger charge is -2.10. The summed E-state index contributed by atoms with van der Waals surface area (Å²) < 4.78 is 0. The van der Waals surface area contributed by atoms with Gasteiger partial charge in [-0.05, 0) is 17.2 Å². The topological polar surface area (TPSA) is 53.5 Å². The Morgan fingerprint density at radius 1 is 1.08 bits per heavy atom. The molecule has 0 bridgehead atoms. The van der Waals surface area contributed by atoms with Crippen LogP contribution >= 0.6 is 0 Å². The molecule has 24 heavy (non-hydrogen) atoms. The van der Waals surface area contributed by atoms with E-state index in [1.807, 2.05) is 74.5 Å². The summed E-state index contributed by atoms with van der Waals surface area (Å²) in [5, 5.41) is 6.11. The highest BCUT2D eigenvalue weighted by Gasteiger charge is 2.25. The zero-order valence-corrected chi connectivity index (χ0v) is 13.9. The number of carbonyl (C=O) groups excluding carboxylic acids is 1. The second-order valence-electron chi connectivity index (χ2n) is 6.07. The van der Waals surface area contributed by atoms with Crippen molar-refractivity contribution < 1.29 is 4.79 Å². The van der Waals surface area contributed by atoms with Crippen LogP contribution in [-0.2, 0) is 4.79 Å². The second-order valence-corrected chi connectivity index (χ2v) is 6.07. The first-order chi connectivity index (χ1) is 11.6. The maximum atomic E-state index is 12.0. The third kappa shape index (κ3) is 3.71. The number of nitrogens with zero attached hydrogens (tertiary/aromatic N) is 1. The molecule has 1 atom stereocenters. The monoisotopic (exact) mass is 319 g/mol. The van der Waals surface area contributed by atoms with Crippen molar-refractivity contribution in [3.63, 3.8) is 0 Å². The van der Waals surface area contributed by atoms with Gasteiger partial charge in [0.05, 0.1) is 0 Å². The molecule has 1 aliphatic rings. The molecule has 1 unspecified atom stereocenters. The summed E-state index contributed by atoms with van der Waals surface area (Å²) in [6, 6.07) is 20.0. The van der Waals surface area contributed by atoms with E-state index in [9.17, 15) is 4.79 Å². The van der Waals surface area contributed by atoms with Crippen LogP contribution in [0.25, 0.3) is 6.08 Å². The molecule has 0 spiro atoms. The zero-order chi connectivity index (χ0) is 16.9. The molecule has 0 aromatic heterocycles. The fourth-order valence-corrected chi connectivity index (χ4v) is 2.49. The van der Waals surface area contributed by atoms with Gasteiger partial charge in [-0.3, -0.25) is 10.1 Å². The zero-order valence-electron chi connectivity index (χ0n) is 13.9. The maximum Gasteiger partial charge on any atom is 0.229 e. The SMILES string of the molecule is CC(C)C(=O)NC1=NC(c2ccccc2)/C(=C/c2ccccc2)N1. The quantitative estimate of drug-likeness (QED) is 0.910. The Labute approximate surface area is 142 Å². The number of hydrogen-bond donors (Lipinski definition) is 2. The minimum absolute atomic E-state index is 0.0472. The van der Waals surface area contributed by atoms with Gasteiger partial charge in [0.15, 0.2) is 0 Å². The van der Waals surface area contributed by atoms with E-state index in [-0.39, 0.29) is 17.9 Å². The van der Waals surface area contributed by atoms with Gasteiger partial charge < -0.3 is 5.32 Å². The number of aliphatic imine (C=N–C) groups is 1. The first kappa shape index (κ1) is 16.0. The molecule has 0 saturated heterocycles. The molecule has 2 aromatic carbocycles. The molecule has 4 nitrogen and oxygen atoms in total. The summed E-state index contributed by atoms with van der Waals surface area (Å²) in [4.78, 5) is 16.6. The van der Waals surface area contributed by atoms with Crippen LogP contribution < -0.4 is 10.6 Å². The van der Waals surface area contributed by atoms with E-state index >= 15 is 0 Å². The van der Waals surface area contributed by atoms with E-state index in [1.54, 1.807) is 0 Å². The van der Waals surface area contributed by atoms with Gasteiger partial charge in [-0.1, -0.05) is 74.5 Å². The van der Waals surface area contributed by atoms with E-state index in [4.69, 9.17) is 0 Å². The third-order valence-electron chi connectivity index (χ3n) is 3.82. The summed E-state index contributed by atoms with van der Waals surface area (Å²) in [6.45, 7) is 3.72. The second kappa shape index (κ2) is 7.13. The first-order valence-corrected chi connectivity index (χ1v) is 8.11. The van der Waals surface area contributed by atoms with Crippen LogP contribution in [0.3, 0.4) is 0 Å². The first-order valence-electron chi connectivity index (χ1n) is 8.11. The van der Waals surface area contributed by atoms with Gasteiger partial charge in [0.1, 0.15) is 6.04 Å². The molecular weight excluding hydrogens is 298 g/mol. The smallest absolute Gasteiger partial charge is 0.229 e. The van der Waals surface area contributed by atoms with Gasteiger partial charge in [0, 0.05) is 11.6 Å². The Kier molecular flexibility index (Phi) is 4.75. The number of hydrogen-bond acceptors (Lipinski definition) is 3. The van der Waals surface area contributed by atoms with E-state index in [2.05, 4.69) is 21.7 Å². The molecule has 0 fully saturated rings. The van der Waals surface area contributed by atoms with Crippen molar-refractivity contribution in [2.75, 3.05) is 0 Å². The number of nitrogens with one attached hydrogen (secondary N) is 2. The van der Waals surface area contributed by atoms with Crippen molar-refractivity contribution in [1.29, 1.82) is 0 Å². The molecule has 0 aliphatic carbocycles. The van der Waals surface area contributed by atoms with E-state index in [0.29, 0.717) is 5.96 Å². The maximum absolute atomic E-state index is 12.0. The summed E-state index contributed by atoms with van der Waals surface area (Å²) in [6.07, 6.45) is 2.07. The van der Waals surface area contributed by atoms with Gasteiger partial charge in [0.2, 0.25) is 11.9 Å². The molecule has 122 valence electrons. The molecule has 1 amide bonds. The minimum Gasteiger partial charge on any atom is -0.327 e. The van der Waals surface area contributed by atoms with Crippen LogP contribution in [0.15, 0.2) is 71.4 Å². The predicted molar refractivity (Wildman–Crippen MR) is 97.2 cm³/mol. The predicted octanol–water partition coefficient (Wildman–Crippen LogP) is 3.50. The van der Waals surface area contributed by atoms with Crippen molar-refractivity contribution in [1.82, 2.24) is 10.6 Å². The molecule has 4 heteroatoms. The van der Waals surface area contributed by atoms with Crippen LogP contribution in [0, 0.1) is 5.92 Å². The summed E-state index contributed by atoms with van der Waals surface area (Å²) >= 11 is 0. The Morgan fingerprint density at radius 2 is 1.71 bits per heavy atom. The minimum atomic E-state index is -0.145. The largest absolute Gasteiger partial charge is 0.327 e. The van der Waals surface area contributed by atoms with Crippen molar-refractivity contribution >= 4 is 17.9 Å². The lowest BCUT2D eigenvalue weighted by molar-refractivity contribution is -0.122.